The molecule has 1 aliphatic heterocycles. The average Bonchev–Trinajstić information content (AvgIpc) is 2.91. The van der Waals surface area contributed by atoms with Gasteiger partial charge in [0, 0.05) is 12.8 Å². The van der Waals surface area contributed by atoms with E-state index in [4.69, 9.17) is 5.14 Å². The number of amides is 1. The Hall–Kier alpha value is -2.54. The Balaban J connectivity index is 1.74. The van der Waals surface area contributed by atoms with E-state index in [-0.39, 0.29) is 17.2 Å². The summed E-state index contributed by atoms with van der Waals surface area (Å²) >= 11 is 1.33. The fraction of sp³-hybridized carbons (Fsp3) is 0.188. The van der Waals surface area contributed by atoms with Crippen LogP contribution in [0.4, 0.5) is 5.00 Å². The minimum atomic E-state index is -3.75. The quantitative estimate of drug-likeness (QED) is 0.839. The summed E-state index contributed by atoms with van der Waals surface area (Å²) in [5.74, 6) is -0.282. The molecule has 25 heavy (non-hydrogen) atoms. The van der Waals surface area contributed by atoms with Crippen molar-refractivity contribution >= 4 is 38.5 Å². The van der Waals surface area contributed by atoms with Gasteiger partial charge in [0.25, 0.3) is 0 Å². The molecule has 7 nitrogen and oxygen atoms in total. The van der Waals surface area contributed by atoms with Crippen LogP contribution in [-0.4, -0.2) is 27.1 Å². The van der Waals surface area contributed by atoms with Crippen LogP contribution in [0, 0.1) is 11.3 Å². The minimum Gasteiger partial charge on any atom is -0.316 e. The van der Waals surface area contributed by atoms with Crippen LogP contribution < -0.4 is 10.5 Å². The van der Waals surface area contributed by atoms with Crippen molar-refractivity contribution in [2.75, 3.05) is 11.9 Å². The van der Waals surface area contributed by atoms with Crippen LogP contribution >= 0.6 is 11.3 Å². The summed E-state index contributed by atoms with van der Waals surface area (Å²) in [7, 11) is -3.75. The number of primary sulfonamides is 1. The van der Waals surface area contributed by atoms with Crippen molar-refractivity contribution < 1.29 is 13.2 Å². The van der Waals surface area contributed by atoms with Crippen LogP contribution in [0.25, 0.3) is 0 Å². The first kappa shape index (κ1) is 17.3. The molecule has 128 valence electrons. The summed E-state index contributed by atoms with van der Waals surface area (Å²) in [5, 5.41) is 17.7. The molecule has 0 aliphatic carbocycles. The van der Waals surface area contributed by atoms with Gasteiger partial charge in [-0.25, -0.2) is 13.6 Å². The van der Waals surface area contributed by atoms with Gasteiger partial charge in [-0.1, -0.05) is 12.1 Å². The third kappa shape index (κ3) is 3.76. The summed E-state index contributed by atoms with van der Waals surface area (Å²) in [5.41, 5.74) is 2.06. The zero-order valence-electron chi connectivity index (χ0n) is 13.0. The second-order valence-electron chi connectivity index (χ2n) is 5.46. The van der Waals surface area contributed by atoms with E-state index in [1.807, 2.05) is 0 Å². The molecule has 0 unspecified atom stereocenters. The molecule has 0 spiro atoms. The number of thiophene rings is 1. The average molecular weight is 374 g/mol. The van der Waals surface area contributed by atoms with E-state index in [9.17, 15) is 18.5 Å². The third-order valence-corrected chi connectivity index (χ3v) is 5.73. The smallest absolute Gasteiger partial charge is 0.238 e. The number of aliphatic imine (C=N–C) groups is 1. The first-order valence-corrected chi connectivity index (χ1v) is 9.72. The molecule has 0 radical (unpaired) electrons. The standard InChI is InChI=1S/C16H14N4O3S2/c17-8-13-12-5-6-19-9-14(12)24-16(13)20-15(21)7-10-1-3-11(4-2-10)25(18,22)23/h1-4,9H,5-7H2,(H,20,21)(H2,18,22,23). The van der Waals surface area contributed by atoms with Gasteiger partial charge in [-0.15, -0.1) is 11.3 Å². The van der Waals surface area contributed by atoms with E-state index in [2.05, 4.69) is 16.4 Å². The SMILES string of the molecule is N#Cc1c(NC(=O)Cc2ccc(S(N)(=O)=O)cc2)sc2c1CCN=C2. The fourth-order valence-electron chi connectivity index (χ4n) is 2.52. The van der Waals surface area contributed by atoms with E-state index >= 15 is 0 Å². The summed E-state index contributed by atoms with van der Waals surface area (Å²) in [6, 6.07) is 7.95. The maximum absolute atomic E-state index is 12.3. The van der Waals surface area contributed by atoms with Gasteiger partial charge in [-0.2, -0.15) is 5.26 Å². The van der Waals surface area contributed by atoms with Crippen molar-refractivity contribution in [3.05, 3.63) is 45.8 Å². The number of sulfonamides is 1. The van der Waals surface area contributed by atoms with Crippen LogP contribution in [0.1, 0.15) is 21.6 Å². The lowest BCUT2D eigenvalue weighted by atomic mass is 10.1. The van der Waals surface area contributed by atoms with E-state index in [0.29, 0.717) is 29.1 Å². The van der Waals surface area contributed by atoms with E-state index < -0.39 is 10.0 Å². The van der Waals surface area contributed by atoms with Gasteiger partial charge in [0.15, 0.2) is 0 Å². The van der Waals surface area contributed by atoms with Gasteiger partial charge in [-0.3, -0.25) is 9.79 Å². The largest absolute Gasteiger partial charge is 0.316 e. The second-order valence-corrected chi connectivity index (χ2v) is 8.07. The molecule has 0 bridgehead atoms. The number of carbonyl (C=O) groups excluding carboxylic acids is 1. The lowest BCUT2D eigenvalue weighted by Crippen LogP contribution is -2.15. The predicted molar refractivity (Wildman–Crippen MR) is 95.3 cm³/mol. The highest BCUT2D eigenvalue weighted by Crippen LogP contribution is 2.33. The number of nitriles is 1. The van der Waals surface area contributed by atoms with Crippen molar-refractivity contribution in [1.82, 2.24) is 0 Å². The number of nitrogens with one attached hydrogen (secondary N) is 1. The Labute approximate surface area is 148 Å². The van der Waals surface area contributed by atoms with Gasteiger partial charge in [0.2, 0.25) is 15.9 Å². The highest BCUT2D eigenvalue weighted by atomic mass is 32.2. The van der Waals surface area contributed by atoms with Crippen LogP contribution in [0.2, 0.25) is 0 Å². The van der Waals surface area contributed by atoms with Gasteiger partial charge < -0.3 is 5.32 Å². The highest BCUT2D eigenvalue weighted by molar-refractivity contribution is 7.89. The van der Waals surface area contributed by atoms with Crippen molar-refractivity contribution in [2.24, 2.45) is 10.1 Å². The molecule has 9 heteroatoms. The zero-order chi connectivity index (χ0) is 18.0. The van der Waals surface area contributed by atoms with E-state index in [1.54, 1.807) is 6.21 Å². The van der Waals surface area contributed by atoms with Gasteiger partial charge in [-0.05, 0) is 29.7 Å². The number of hydrogen-bond acceptors (Lipinski definition) is 6. The molecule has 1 aliphatic rings. The van der Waals surface area contributed by atoms with Crippen LogP contribution in [0.15, 0.2) is 34.2 Å². The third-order valence-electron chi connectivity index (χ3n) is 3.72. The molecular formula is C16H14N4O3S2. The maximum atomic E-state index is 12.3. The summed E-state index contributed by atoms with van der Waals surface area (Å²) < 4.78 is 22.5. The summed E-state index contributed by atoms with van der Waals surface area (Å²) in [6.07, 6.45) is 2.48. The van der Waals surface area contributed by atoms with Crippen LogP contribution in [0.3, 0.4) is 0 Å². The lowest BCUT2D eigenvalue weighted by Gasteiger charge is -2.05. The zero-order valence-corrected chi connectivity index (χ0v) is 14.7. The highest BCUT2D eigenvalue weighted by Gasteiger charge is 2.20. The molecule has 1 amide bonds. The maximum Gasteiger partial charge on any atom is 0.238 e. The van der Waals surface area contributed by atoms with Crippen LogP contribution in [-0.2, 0) is 27.7 Å². The van der Waals surface area contributed by atoms with Gasteiger partial charge in [0.1, 0.15) is 11.1 Å². The fourth-order valence-corrected chi connectivity index (χ4v) is 4.14. The molecule has 0 fully saturated rings. The molecule has 2 aromatic rings. The number of nitrogens with zero attached hydrogens (tertiary/aromatic N) is 2. The topological polar surface area (TPSA) is 125 Å². The molecule has 0 atom stereocenters. The van der Waals surface area contributed by atoms with Gasteiger partial charge >= 0.3 is 0 Å². The Morgan fingerprint density at radius 3 is 2.72 bits per heavy atom. The first-order chi connectivity index (χ1) is 11.9. The van der Waals surface area contributed by atoms with Crippen molar-refractivity contribution in [2.45, 2.75) is 17.7 Å². The van der Waals surface area contributed by atoms with Crippen molar-refractivity contribution in [3.63, 3.8) is 0 Å². The number of fused-ring (bicyclic) bond motifs is 1. The second kappa shape index (κ2) is 6.76. The monoisotopic (exact) mass is 374 g/mol. The van der Waals surface area contributed by atoms with E-state index in [0.717, 1.165) is 10.4 Å². The summed E-state index contributed by atoms with van der Waals surface area (Å²) in [4.78, 5) is 17.3. The molecule has 0 saturated carbocycles. The van der Waals surface area contributed by atoms with Crippen molar-refractivity contribution in [1.29, 1.82) is 5.26 Å². The number of benzene rings is 1. The Morgan fingerprint density at radius 1 is 1.36 bits per heavy atom. The summed E-state index contributed by atoms with van der Waals surface area (Å²) in [6.45, 7) is 0.641. The molecular weight excluding hydrogens is 360 g/mol. The normalized spacial score (nSPS) is 13.1. The molecule has 1 aromatic heterocycles. The predicted octanol–water partition coefficient (Wildman–Crippen LogP) is 1.42. The molecule has 3 N–H and O–H groups in total. The lowest BCUT2D eigenvalue weighted by molar-refractivity contribution is -0.115. The Bertz CT molecular complexity index is 999. The van der Waals surface area contributed by atoms with Crippen molar-refractivity contribution in [3.8, 4) is 6.07 Å². The molecule has 2 heterocycles. The number of nitrogens with two attached hydrogens (primary N) is 1. The van der Waals surface area contributed by atoms with Crippen LogP contribution in [0.5, 0.6) is 0 Å². The molecule has 0 saturated heterocycles. The molecule has 3 rings (SSSR count). The number of carbonyl (C=O) groups is 1. The van der Waals surface area contributed by atoms with Gasteiger partial charge in [0.05, 0.1) is 21.8 Å². The molecule has 1 aromatic carbocycles. The number of rotatable bonds is 4. The van der Waals surface area contributed by atoms with E-state index in [1.165, 1.54) is 35.6 Å². The Kier molecular flexibility index (Phi) is 4.67. The first-order valence-electron chi connectivity index (χ1n) is 7.35. The minimum absolute atomic E-state index is 0.00589. The number of hydrogen-bond donors (Lipinski definition) is 2. The number of anilines is 1. The Morgan fingerprint density at radius 2 is 2.08 bits per heavy atom.